The van der Waals surface area contributed by atoms with Crippen LogP contribution in [0.3, 0.4) is 0 Å². The lowest BCUT2D eigenvalue weighted by Crippen LogP contribution is -2.45. The highest BCUT2D eigenvalue weighted by Gasteiger charge is 2.28. The maximum atomic E-state index is 12.1. The molecule has 1 heterocycles. The highest BCUT2D eigenvalue weighted by Crippen LogP contribution is 2.16. The first-order valence-corrected chi connectivity index (χ1v) is 9.46. The van der Waals surface area contributed by atoms with E-state index in [9.17, 15) is 4.79 Å². The number of hydrogen-bond donors (Lipinski definition) is 2. The molecule has 2 rings (SSSR count). The predicted octanol–water partition coefficient (Wildman–Crippen LogP) is 2.80. The number of halogens is 1. The summed E-state index contributed by atoms with van der Waals surface area (Å²) in [4.78, 5) is 18.8. The molecule has 0 spiro atoms. The first-order chi connectivity index (χ1) is 12.5. The smallest absolute Gasteiger partial charge is 0.225 e. The summed E-state index contributed by atoms with van der Waals surface area (Å²) in [7, 11) is 1.71. The van der Waals surface area contributed by atoms with Gasteiger partial charge in [-0.25, -0.2) is 0 Å². The van der Waals surface area contributed by atoms with Crippen LogP contribution in [-0.4, -0.2) is 56.1 Å². The van der Waals surface area contributed by atoms with Gasteiger partial charge in [0.2, 0.25) is 5.91 Å². The molecule has 152 valence electrons. The molecule has 2 unspecified atom stereocenters. The van der Waals surface area contributed by atoms with Gasteiger partial charge < -0.3 is 20.3 Å². The summed E-state index contributed by atoms with van der Waals surface area (Å²) in [6.45, 7) is 8.80. The van der Waals surface area contributed by atoms with Gasteiger partial charge in [-0.2, -0.15) is 0 Å². The molecule has 1 aliphatic heterocycles. The molecule has 0 radical (unpaired) electrons. The lowest BCUT2D eigenvalue weighted by molar-refractivity contribution is -0.133. The Morgan fingerprint density at radius 1 is 1.33 bits per heavy atom. The fourth-order valence-corrected chi connectivity index (χ4v) is 3.11. The summed E-state index contributed by atoms with van der Waals surface area (Å²) >= 11 is 0. The minimum absolute atomic E-state index is 0. The predicted molar refractivity (Wildman–Crippen MR) is 121 cm³/mol. The minimum atomic E-state index is -0.0748. The van der Waals surface area contributed by atoms with Crippen LogP contribution in [0.25, 0.3) is 0 Å². The summed E-state index contributed by atoms with van der Waals surface area (Å²) in [6.07, 6.45) is 0.865. The average Bonchev–Trinajstić information content (AvgIpc) is 3.11. The van der Waals surface area contributed by atoms with Crippen molar-refractivity contribution in [1.29, 1.82) is 0 Å². The number of carbonyl (C=O) groups excluding carboxylic acids is 1. The molecule has 6 nitrogen and oxygen atoms in total. The second-order valence-electron chi connectivity index (χ2n) is 6.92. The Morgan fingerprint density at radius 3 is 2.63 bits per heavy atom. The van der Waals surface area contributed by atoms with Crippen molar-refractivity contribution < 1.29 is 9.53 Å². The average molecular weight is 488 g/mol. The standard InChI is InChI=1S/C20H32N4O2.HI/c1-5-21-20(22-13-18(26-4)16-9-7-6-8-10-16)23-17-11-12-24(14-17)19(25)15(2)3;/h6-10,15,17-18H,5,11-14H2,1-4H3,(H2,21,22,23);1H. The van der Waals surface area contributed by atoms with E-state index in [1.807, 2.05) is 43.9 Å². The van der Waals surface area contributed by atoms with Crippen LogP contribution in [0, 0.1) is 5.92 Å². The van der Waals surface area contributed by atoms with Gasteiger partial charge in [0, 0.05) is 38.7 Å². The van der Waals surface area contributed by atoms with Gasteiger partial charge in [0.25, 0.3) is 0 Å². The van der Waals surface area contributed by atoms with Gasteiger partial charge in [0.15, 0.2) is 5.96 Å². The maximum absolute atomic E-state index is 12.1. The SMILES string of the molecule is CCNC(=NCC(OC)c1ccccc1)NC1CCN(C(=O)C(C)C)C1.I. The highest BCUT2D eigenvalue weighted by molar-refractivity contribution is 14.0. The molecule has 0 aliphatic carbocycles. The van der Waals surface area contributed by atoms with Crippen molar-refractivity contribution in [3.05, 3.63) is 35.9 Å². The first-order valence-electron chi connectivity index (χ1n) is 9.46. The third kappa shape index (κ3) is 7.29. The van der Waals surface area contributed by atoms with Gasteiger partial charge in [-0.3, -0.25) is 9.79 Å². The number of carbonyl (C=O) groups is 1. The Kier molecular flexibility index (Phi) is 10.7. The Hall–Kier alpha value is -1.35. The van der Waals surface area contributed by atoms with Crippen molar-refractivity contribution in [2.24, 2.45) is 10.9 Å². The highest BCUT2D eigenvalue weighted by atomic mass is 127. The van der Waals surface area contributed by atoms with Gasteiger partial charge in [-0.05, 0) is 18.9 Å². The minimum Gasteiger partial charge on any atom is -0.375 e. The summed E-state index contributed by atoms with van der Waals surface area (Å²) in [5, 5.41) is 6.75. The Balaban J connectivity index is 0.00000364. The molecule has 0 aromatic heterocycles. The molecule has 1 aromatic carbocycles. The third-order valence-corrected chi connectivity index (χ3v) is 4.55. The van der Waals surface area contributed by atoms with Crippen LogP contribution in [0.4, 0.5) is 0 Å². The molecule has 7 heteroatoms. The zero-order valence-electron chi connectivity index (χ0n) is 16.8. The van der Waals surface area contributed by atoms with Gasteiger partial charge >= 0.3 is 0 Å². The molecule has 1 fully saturated rings. The molecular weight excluding hydrogens is 455 g/mol. The van der Waals surface area contributed by atoms with E-state index in [2.05, 4.69) is 22.8 Å². The van der Waals surface area contributed by atoms with Crippen LogP contribution >= 0.6 is 24.0 Å². The molecule has 27 heavy (non-hydrogen) atoms. The lowest BCUT2D eigenvalue weighted by atomic mass is 10.1. The number of methoxy groups -OCH3 is 1. The van der Waals surface area contributed by atoms with Crippen molar-refractivity contribution in [2.75, 3.05) is 33.3 Å². The molecule has 1 aliphatic rings. The van der Waals surface area contributed by atoms with E-state index in [4.69, 9.17) is 9.73 Å². The normalized spacial score (nSPS) is 18.2. The van der Waals surface area contributed by atoms with Crippen LogP contribution in [0.5, 0.6) is 0 Å². The quantitative estimate of drug-likeness (QED) is 0.352. The van der Waals surface area contributed by atoms with Gasteiger partial charge in [0.1, 0.15) is 6.10 Å². The maximum Gasteiger partial charge on any atom is 0.225 e. The number of hydrogen-bond acceptors (Lipinski definition) is 3. The molecule has 2 N–H and O–H groups in total. The van der Waals surface area contributed by atoms with E-state index >= 15 is 0 Å². The van der Waals surface area contributed by atoms with E-state index < -0.39 is 0 Å². The van der Waals surface area contributed by atoms with Crippen LogP contribution in [0.1, 0.15) is 38.9 Å². The van der Waals surface area contributed by atoms with E-state index in [0.29, 0.717) is 6.54 Å². The second kappa shape index (κ2) is 12.2. The molecule has 1 saturated heterocycles. The molecule has 0 saturated carbocycles. The number of rotatable bonds is 7. The zero-order valence-corrected chi connectivity index (χ0v) is 19.1. The van der Waals surface area contributed by atoms with Crippen molar-refractivity contribution in [2.45, 2.75) is 39.3 Å². The number of benzene rings is 1. The molecule has 1 amide bonds. The van der Waals surface area contributed by atoms with Crippen molar-refractivity contribution >= 4 is 35.8 Å². The summed E-state index contributed by atoms with van der Waals surface area (Å²) < 4.78 is 5.59. The number of guanidine groups is 1. The number of likely N-dealkylation sites (tertiary alicyclic amines) is 1. The third-order valence-electron chi connectivity index (χ3n) is 4.55. The lowest BCUT2D eigenvalue weighted by Gasteiger charge is -2.21. The van der Waals surface area contributed by atoms with E-state index in [-0.39, 0.29) is 47.9 Å². The number of nitrogens with zero attached hydrogens (tertiary/aromatic N) is 2. The summed E-state index contributed by atoms with van der Waals surface area (Å²) in [5.41, 5.74) is 1.11. The number of amides is 1. The first kappa shape index (κ1) is 23.7. The molecule has 1 aromatic rings. The number of nitrogens with one attached hydrogen (secondary N) is 2. The van der Waals surface area contributed by atoms with Crippen LogP contribution in [0.15, 0.2) is 35.3 Å². The molecular formula is C20H33IN4O2. The van der Waals surface area contributed by atoms with Crippen LogP contribution in [0.2, 0.25) is 0 Å². The molecule has 0 bridgehead atoms. The zero-order chi connectivity index (χ0) is 18.9. The Bertz CT molecular complexity index is 595. The van der Waals surface area contributed by atoms with E-state index in [0.717, 1.165) is 37.6 Å². The number of ether oxygens (including phenoxy) is 1. The van der Waals surface area contributed by atoms with Crippen molar-refractivity contribution in [3.8, 4) is 0 Å². The largest absolute Gasteiger partial charge is 0.375 e. The monoisotopic (exact) mass is 488 g/mol. The fraction of sp³-hybridized carbons (Fsp3) is 0.600. The van der Waals surface area contributed by atoms with Crippen LogP contribution in [-0.2, 0) is 9.53 Å². The van der Waals surface area contributed by atoms with Crippen LogP contribution < -0.4 is 10.6 Å². The van der Waals surface area contributed by atoms with E-state index in [1.165, 1.54) is 0 Å². The van der Waals surface area contributed by atoms with Gasteiger partial charge in [0.05, 0.1) is 6.54 Å². The van der Waals surface area contributed by atoms with Crippen molar-refractivity contribution in [3.63, 3.8) is 0 Å². The topological polar surface area (TPSA) is 66.0 Å². The van der Waals surface area contributed by atoms with Gasteiger partial charge in [-0.15, -0.1) is 24.0 Å². The van der Waals surface area contributed by atoms with E-state index in [1.54, 1.807) is 7.11 Å². The second-order valence-corrected chi connectivity index (χ2v) is 6.92. The van der Waals surface area contributed by atoms with Crippen molar-refractivity contribution in [1.82, 2.24) is 15.5 Å². The number of aliphatic imine (C=N–C) groups is 1. The molecule has 2 atom stereocenters. The Morgan fingerprint density at radius 2 is 2.04 bits per heavy atom. The van der Waals surface area contributed by atoms with Gasteiger partial charge in [-0.1, -0.05) is 44.2 Å². The fourth-order valence-electron chi connectivity index (χ4n) is 3.11. The summed E-state index contributed by atoms with van der Waals surface area (Å²) in [6, 6.07) is 10.3. The summed E-state index contributed by atoms with van der Waals surface area (Å²) in [5.74, 6) is 1.04. The Labute approximate surface area is 180 Å².